The number of thiazole rings is 1. The molecule has 0 aliphatic heterocycles. The van der Waals surface area contributed by atoms with Crippen LogP contribution in [0.3, 0.4) is 0 Å². The van der Waals surface area contributed by atoms with Crippen molar-refractivity contribution >= 4 is 32.2 Å². The van der Waals surface area contributed by atoms with Gasteiger partial charge < -0.3 is 5.11 Å². The summed E-state index contributed by atoms with van der Waals surface area (Å²) in [5.41, 5.74) is 1.04. The molecule has 1 N–H and O–H groups in total. The molecule has 19 heavy (non-hydrogen) atoms. The van der Waals surface area contributed by atoms with Crippen molar-refractivity contribution in [2.75, 3.05) is 0 Å². The van der Waals surface area contributed by atoms with Crippen molar-refractivity contribution in [3.8, 4) is 0 Å². The molecule has 0 amide bonds. The van der Waals surface area contributed by atoms with Crippen molar-refractivity contribution in [3.05, 3.63) is 57.5 Å². The second kappa shape index (κ2) is 5.03. The molecule has 1 aromatic carbocycles. The molecule has 0 spiro atoms. The maximum atomic E-state index is 13.7. The summed E-state index contributed by atoms with van der Waals surface area (Å²) in [7, 11) is 0. The fourth-order valence-corrected chi connectivity index (χ4v) is 3.01. The monoisotopic (exact) mass is 340 g/mol. The van der Waals surface area contributed by atoms with Gasteiger partial charge in [0.1, 0.15) is 5.82 Å². The first-order chi connectivity index (χ1) is 9.13. The van der Waals surface area contributed by atoms with E-state index in [0.717, 1.165) is 10.7 Å². The SMILES string of the molecule is OC(Cc1cn2ccsc2n1)c1ccc(Br)cc1F. The van der Waals surface area contributed by atoms with E-state index in [-0.39, 0.29) is 0 Å². The predicted octanol–water partition coefficient (Wildman–Crippen LogP) is 3.57. The number of imidazole rings is 1. The van der Waals surface area contributed by atoms with E-state index in [4.69, 9.17) is 0 Å². The van der Waals surface area contributed by atoms with Crippen molar-refractivity contribution in [2.45, 2.75) is 12.5 Å². The minimum absolute atomic E-state index is 0.291. The number of aliphatic hydroxyl groups is 1. The van der Waals surface area contributed by atoms with E-state index in [9.17, 15) is 9.50 Å². The first kappa shape index (κ1) is 12.8. The van der Waals surface area contributed by atoms with Crippen LogP contribution in [0.1, 0.15) is 17.4 Å². The molecule has 1 unspecified atom stereocenters. The van der Waals surface area contributed by atoms with Crippen LogP contribution in [0.2, 0.25) is 0 Å². The second-order valence-electron chi connectivity index (χ2n) is 4.21. The lowest BCUT2D eigenvalue weighted by molar-refractivity contribution is 0.172. The molecule has 0 fully saturated rings. The first-order valence-corrected chi connectivity index (χ1v) is 7.35. The van der Waals surface area contributed by atoms with Gasteiger partial charge in [-0.05, 0) is 12.1 Å². The molecule has 6 heteroatoms. The summed E-state index contributed by atoms with van der Waals surface area (Å²) in [6.45, 7) is 0. The van der Waals surface area contributed by atoms with Gasteiger partial charge in [-0.1, -0.05) is 22.0 Å². The van der Waals surface area contributed by atoms with Crippen molar-refractivity contribution in [3.63, 3.8) is 0 Å². The summed E-state index contributed by atoms with van der Waals surface area (Å²) in [5, 5.41) is 12.0. The third-order valence-electron chi connectivity index (χ3n) is 2.87. The normalized spacial score (nSPS) is 13.0. The van der Waals surface area contributed by atoms with Gasteiger partial charge in [-0.15, -0.1) is 11.3 Å². The van der Waals surface area contributed by atoms with Gasteiger partial charge in [-0.2, -0.15) is 0 Å². The zero-order chi connectivity index (χ0) is 13.4. The summed E-state index contributed by atoms with van der Waals surface area (Å²) in [4.78, 5) is 5.25. The van der Waals surface area contributed by atoms with E-state index in [1.54, 1.807) is 12.1 Å². The summed E-state index contributed by atoms with van der Waals surface area (Å²) >= 11 is 4.72. The molecule has 3 rings (SSSR count). The largest absolute Gasteiger partial charge is 0.388 e. The molecule has 3 aromatic rings. The number of hydrogen-bond donors (Lipinski definition) is 1. The topological polar surface area (TPSA) is 37.5 Å². The van der Waals surface area contributed by atoms with Crippen molar-refractivity contribution < 1.29 is 9.50 Å². The lowest BCUT2D eigenvalue weighted by atomic mass is 10.0. The number of halogens is 2. The van der Waals surface area contributed by atoms with Crippen LogP contribution in [0.25, 0.3) is 4.96 Å². The minimum Gasteiger partial charge on any atom is -0.388 e. The molecule has 0 bridgehead atoms. The summed E-state index contributed by atoms with van der Waals surface area (Å²) in [6.07, 6.45) is 3.17. The molecule has 0 aliphatic carbocycles. The van der Waals surface area contributed by atoms with Crippen LogP contribution in [0, 0.1) is 5.82 Å². The van der Waals surface area contributed by atoms with Crippen LogP contribution in [0.15, 0.2) is 40.4 Å². The lowest BCUT2D eigenvalue weighted by Gasteiger charge is -2.10. The number of nitrogens with zero attached hydrogens (tertiary/aromatic N) is 2. The van der Waals surface area contributed by atoms with E-state index in [0.29, 0.717) is 16.5 Å². The molecule has 0 saturated heterocycles. The fourth-order valence-electron chi connectivity index (χ4n) is 1.95. The number of rotatable bonds is 3. The quantitative estimate of drug-likeness (QED) is 0.791. The number of benzene rings is 1. The van der Waals surface area contributed by atoms with Crippen molar-refractivity contribution in [2.24, 2.45) is 0 Å². The molecule has 2 heterocycles. The summed E-state index contributed by atoms with van der Waals surface area (Å²) in [6, 6.07) is 4.65. The Balaban J connectivity index is 1.84. The average Bonchev–Trinajstić information content (AvgIpc) is 2.89. The zero-order valence-corrected chi connectivity index (χ0v) is 12.2. The number of fused-ring (bicyclic) bond motifs is 1. The van der Waals surface area contributed by atoms with Crippen LogP contribution in [-0.2, 0) is 6.42 Å². The highest BCUT2D eigenvalue weighted by Crippen LogP contribution is 2.24. The van der Waals surface area contributed by atoms with Gasteiger partial charge in [0.05, 0.1) is 11.8 Å². The average molecular weight is 341 g/mol. The molecule has 1 atom stereocenters. The van der Waals surface area contributed by atoms with E-state index >= 15 is 0 Å². The predicted molar refractivity (Wildman–Crippen MR) is 75.8 cm³/mol. The van der Waals surface area contributed by atoms with Gasteiger partial charge in [-0.3, -0.25) is 4.40 Å². The molecule has 98 valence electrons. The Labute approximate surface area is 121 Å². The fraction of sp³-hybridized carbons (Fsp3) is 0.154. The zero-order valence-electron chi connectivity index (χ0n) is 9.75. The second-order valence-corrected chi connectivity index (χ2v) is 6.00. The smallest absolute Gasteiger partial charge is 0.193 e. The Hall–Kier alpha value is -1.24. The summed E-state index contributed by atoms with van der Waals surface area (Å²) in [5.74, 6) is -0.414. The van der Waals surface area contributed by atoms with Crippen LogP contribution >= 0.6 is 27.3 Å². The third-order valence-corrected chi connectivity index (χ3v) is 4.13. The Morgan fingerprint density at radius 1 is 1.47 bits per heavy atom. The van der Waals surface area contributed by atoms with Crippen LogP contribution in [0.4, 0.5) is 4.39 Å². The van der Waals surface area contributed by atoms with E-state index in [1.165, 1.54) is 17.4 Å². The Bertz CT molecular complexity index is 696. The molecule has 0 aliphatic rings. The molecule has 3 nitrogen and oxygen atoms in total. The van der Waals surface area contributed by atoms with Crippen molar-refractivity contribution in [1.82, 2.24) is 9.38 Å². The number of aromatic nitrogens is 2. The molecule has 2 aromatic heterocycles. The van der Waals surface area contributed by atoms with Crippen molar-refractivity contribution in [1.29, 1.82) is 0 Å². The van der Waals surface area contributed by atoms with Gasteiger partial charge >= 0.3 is 0 Å². The summed E-state index contributed by atoms with van der Waals surface area (Å²) < 4.78 is 16.3. The van der Waals surface area contributed by atoms with E-state index in [2.05, 4.69) is 20.9 Å². The van der Waals surface area contributed by atoms with Gasteiger partial charge in [0.15, 0.2) is 4.96 Å². The van der Waals surface area contributed by atoms with Gasteiger partial charge in [0.25, 0.3) is 0 Å². The van der Waals surface area contributed by atoms with Gasteiger partial charge in [-0.25, -0.2) is 9.37 Å². The molecule has 0 saturated carbocycles. The number of aliphatic hydroxyl groups excluding tert-OH is 1. The highest BCUT2D eigenvalue weighted by molar-refractivity contribution is 9.10. The lowest BCUT2D eigenvalue weighted by Crippen LogP contribution is -2.04. The Morgan fingerprint density at radius 3 is 3.05 bits per heavy atom. The van der Waals surface area contributed by atoms with E-state index < -0.39 is 11.9 Å². The van der Waals surface area contributed by atoms with Crippen LogP contribution in [0.5, 0.6) is 0 Å². The third kappa shape index (κ3) is 2.56. The maximum Gasteiger partial charge on any atom is 0.193 e. The van der Waals surface area contributed by atoms with Crippen LogP contribution < -0.4 is 0 Å². The van der Waals surface area contributed by atoms with Gasteiger partial charge in [0.2, 0.25) is 0 Å². The molecular formula is C13H10BrFN2OS. The Kier molecular flexibility index (Phi) is 3.38. The van der Waals surface area contributed by atoms with Gasteiger partial charge in [0, 0.05) is 34.2 Å². The standard InChI is InChI=1S/C13H10BrFN2OS/c14-8-1-2-10(11(15)5-8)12(18)6-9-7-17-3-4-19-13(17)16-9/h1-5,7,12,18H,6H2. The first-order valence-electron chi connectivity index (χ1n) is 5.67. The minimum atomic E-state index is -0.891. The highest BCUT2D eigenvalue weighted by atomic mass is 79.9. The molecule has 0 radical (unpaired) electrons. The number of hydrogen-bond acceptors (Lipinski definition) is 3. The van der Waals surface area contributed by atoms with E-state index in [1.807, 2.05) is 22.2 Å². The maximum absolute atomic E-state index is 13.7. The highest BCUT2D eigenvalue weighted by Gasteiger charge is 2.15. The molecular weight excluding hydrogens is 331 g/mol. The van der Waals surface area contributed by atoms with Crippen LogP contribution in [-0.4, -0.2) is 14.5 Å². The Morgan fingerprint density at radius 2 is 2.32 bits per heavy atom.